The van der Waals surface area contributed by atoms with E-state index in [1.165, 1.54) is 0 Å². The smallest absolute Gasteiger partial charge is 0.162 e. The summed E-state index contributed by atoms with van der Waals surface area (Å²) in [5.41, 5.74) is 0.367. The van der Waals surface area contributed by atoms with E-state index in [4.69, 9.17) is 9.47 Å². The monoisotopic (exact) mass is 247 g/mol. The van der Waals surface area contributed by atoms with Crippen molar-refractivity contribution in [1.82, 2.24) is 4.57 Å². The molecule has 96 valence electrons. The number of aldehydes is 1. The Morgan fingerprint density at radius 3 is 2.33 bits per heavy atom. The minimum Gasteiger partial charge on any atom is -0.493 e. The summed E-state index contributed by atoms with van der Waals surface area (Å²) in [6, 6.07) is 5.76. The summed E-state index contributed by atoms with van der Waals surface area (Å²) < 4.78 is 12.5. The number of nitrogens with zero attached hydrogens (tertiary/aromatic N) is 1. The van der Waals surface area contributed by atoms with Gasteiger partial charge >= 0.3 is 0 Å². The molecule has 0 spiro atoms. The first-order chi connectivity index (χ1) is 8.53. The molecule has 0 atom stereocenters. The van der Waals surface area contributed by atoms with E-state index in [0.29, 0.717) is 11.5 Å². The van der Waals surface area contributed by atoms with Crippen LogP contribution in [0, 0.1) is 0 Å². The van der Waals surface area contributed by atoms with Gasteiger partial charge in [0.15, 0.2) is 11.5 Å². The van der Waals surface area contributed by atoms with E-state index in [-0.39, 0.29) is 0 Å². The third-order valence-electron chi connectivity index (χ3n) is 3.10. The fourth-order valence-corrected chi connectivity index (χ4v) is 2.02. The Hall–Kier alpha value is -1.97. The highest BCUT2D eigenvalue weighted by atomic mass is 16.5. The molecule has 2 rings (SSSR count). The van der Waals surface area contributed by atoms with Crippen molar-refractivity contribution in [2.75, 3.05) is 14.2 Å². The lowest BCUT2D eigenvalue weighted by molar-refractivity contribution is -0.113. The number of ether oxygens (including phenoxy) is 2. The summed E-state index contributed by atoms with van der Waals surface area (Å²) in [5, 5.41) is 1.02. The van der Waals surface area contributed by atoms with Crippen LogP contribution in [-0.2, 0) is 10.3 Å². The Morgan fingerprint density at radius 2 is 1.78 bits per heavy atom. The maximum absolute atomic E-state index is 11.2. The molecule has 0 aliphatic rings. The SMILES string of the molecule is COc1cc2ccn(C(C)(C)C=O)c2cc1OC. The molecule has 4 heteroatoms. The number of hydrogen-bond acceptors (Lipinski definition) is 3. The average Bonchev–Trinajstić information content (AvgIpc) is 2.80. The third kappa shape index (κ3) is 1.83. The number of hydrogen-bond donors (Lipinski definition) is 0. The van der Waals surface area contributed by atoms with Gasteiger partial charge in [0.1, 0.15) is 6.29 Å². The fraction of sp³-hybridized carbons (Fsp3) is 0.357. The summed E-state index contributed by atoms with van der Waals surface area (Å²) in [4.78, 5) is 11.2. The first-order valence-corrected chi connectivity index (χ1v) is 5.73. The zero-order valence-electron chi connectivity index (χ0n) is 11.1. The predicted octanol–water partition coefficient (Wildman–Crippen LogP) is 2.59. The van der Waals surface area contributed by atoms with Crippen molar-refractivity contribution in [1.29, 1.82) is 0 Å². The van der Waals surface area contributed by atoms with Crippen LogP contribution in [0.5, 0.6) is 11.5 Å². The molecule has 0 aliphatic carbocycles. The van der Waals surface area contributed by atoms with E-state index in [1.54, 1.807) is 14.2 Å². The summed E-state index contributed by atoms with van der Waals surface area (Å²) >= 11 is 0. The van der Waals surface area contributed by atoms with Gasteiger partial charge in [-0.05, 0) is 26.0 Å². The van der Waals surface area contributed by atoms with Gasteiger partial charge in [0.05, 0.1) is 25.3 Å². The molecule has 0 saturated carbocycles. The summed E-state index contributed by atoms with van der Waals surface area (Å²) in [7, 11) is 3.21. The van der Waals surface area contributed by atoms with Gasteiger partial charge in [-0.3, -0.25) is 0 Å². The van der Waals surface area contributed by atoms with E-state index >= 15 is 0 Å². The van der Waals surface area contributed by atoms with Crippen LogP contribution in [0.1, 0.15) is 13.8 Å². The van der Waals surface area contributed by atoms with Gasteiger partial charge in [-0.2, -0.15) is 0 Å². The molecule has 0 saturated heterocycles. The molecule has 0 radical (unpaired) electrons. The fourth-order valence-electron chi connectivity index (χ4n) is 2.02. The second-order valence-corrected chi connectivity index (χ2v) is 4.72. The van der Waals surface area contributed by atoms with Crippen LogP contribution >= 0.6 is 0 Å². The summed E-state index contributed by atoms with van der Waals surface area (Å²) in [6.45, 7) is 3.74. The second-order valence-electron chi connectivity index (χ2n) is 4.72. The van der Waals surface area contributed by atoms with E-state index in [9.17, 15) is 4.79 Å². The predicted molar refractivity (Wildman–Crippen MR) is 70.4 cm³/mol. The van der Waals surface area contributed by atoms with E-state index in [0.717, 1.165) is 17.2 Å². The van der Waals surface area contributed by atoms with Crippen LogP contribution in [0.25, 0.3) is 10.9 Å². The first-order valence-electron chi connectivity index (χ1n) is 5.73. The van der Waals surface area contributed by atoms with Crippen LogP contribution in [-0.4, -0.2) is 25.1 Å². The van der Waals surface area contributed by atoms with Gasteiger partial charge < -0.3 is 18.8 Å². The van der Waals surface area contributed by atoms with E-state index in [2.05, 4.69) is 0 Å². The van der Waals surface area contributed by atoms with E-state index in [1.807, 2.05) is 42.8 Å². The lowest BCUT2D eigenvalue weighted by atomic mass is 10.1. The Kier molecular flexibility index (Phi) is 3.03. The molecule has 0 fully saturated rings. The van der Waals surface area contributed by atoms with Crippen molar-refractivity contribution in [2.24, 2.45) is 0 Å². The minimum atomic E-state index is -0.582. The summed E-state index contributed by atoms with van der Waals surface area (Å²) in [6.07, 6.45) is 2.83. The highest BCUT2D eigenvalue weighted by Crippen LogP contribution is 2.34. The Bertz CT molecular complexity index is 584. The molecule has 1 heterocycles. The normalized spacial score (nSPS) is 11.6. The van der Waals surface area contributed by atoms with Crippen LogP contribution < -0.4 is 9.47 Å². The van der Waals surface area contributed by atoms with Crippen molar-refractivity contribution in [3.8, 4) is 11.5 Å². The molecule has 1 aromatic carbocycles. The van der Waals surface area contributed by atoms with Gasteiger partial charge in [-0.15, -0.1) is 0 Å². The molecular formula is C14H17NO3. The standard InChI is InChI=1S/C14H17NO3/c1-14(2,9-16)15-6-5-10-7-12(17-3)13(18-4)8-11(10)15/h5-9H,1-4H3. The molecule has 2 aromatic rings. The number of aromatic nitrogens is 1. The molecular weight excluding hydrogens is 230 g/mol. The van der Waals surface area contributed by atoms with Crippen molar-refractivity contribution < 1.29 is 14.3 Å². The molecule has 4 nitrogen and oxygen atoms in total. The Morgan fingerprint density at radius 1 is 1.17 bits per heavy atom. The molecule has 0 aliphatic heterocycles. The quantitative estimate of drug-likeness (QED) is 0.780. The molecule has 0 bridgehead atoms. The van der Waals surface area contributed by atoms with Gasteiger partial charge in [0.2, 0.25) is 0 Å². The minimum absolute atomic E-state index is 0.582. The number of methoxy groups -OCH3 is 2. The molecule has 0 unspecified atom stereocenters. The zero-order chi connectivity index (χ0) is 13.3. The lowest BCUT2D eigenvalue weighted by Gasteiger charge is -2.21. The Balaban J connectivity index is 2.70. The average molecular weight is 247 g/mol. The third-order valence-corrected chi connectivity index (χ3v) is 3.10. The molecule has 1 aromatic heterocycles. The molecule has 18 heavy (non-hydrogen) atoms. The first kappa shape index (κ1) is 12.5. The van der Waals surface area contributed by atoms with Crippen LogP contribution in [0.15, 0.2) is 24.4 Å². The van der Waals surface area contributed by atoms with Gasteiger partial charge in [0, 0.05) is 17.6 Å². The second kappa shape index (κ2) is 4.37. The number of benzene rings is 1. The topological polar surface area (TPSA) is 40.5 Å². The lowest BCUT2D eigenvalue weighted by Crippen LogP contribution is -2.26. The van der Waals surface area contributed by atoms with Crippen molar-refractivity contribution in [2.45, 2.75) is 19.4 Å². The van der Waals surface area contributed by atoms with Crippen molar-refractivity contribution in [3.05, 3.63) is 24.4 Å². The number of carbonyl (C=O) groups excluding carboxylic acids is 1. The largest absolute Gasteiger partial charge is 0.493 e. The van der Waals surface area contributed by atoms with Gasteiger partial charge in [0.25, 0.3) is 0 Å². The van der Waals surface area contributed by atoms with Crippen LogP contribution in [0.4, 0.5) is 0 Å². The van der Waals surface area contributed by atoms with Gasteiger partial charge in [-0.1, -0.05) is 0 Å². The summed E-state index contributed by atoms with van der Waals surface area (Å²) in [5.74, 6) is 1.35. The van der Waals surface area contributed by atoms with Crippen molar-refractivity contribution in [3.63, 3.8) is 0 Å². The van der Waals surface area contributed by atoms with Crippen molar-refractivity contribution >= 4 is 17.2 Å². The van der Waals surface area contributed by atoms with Crippen LogP contribution in [0.3, 0.4) is 0 Å². The highest BCUT2D eigenvalue weighted by molar-refractivity contribution is 5.85. The number of rotatable bonds is 4. The maximum Gasteiger partial charge on any atom is 0.162 e. The highest BCUT2D eigenvalue weighted by Gasteiger charge is 2.21. The van der Waals surface area contributed by atoms with Gasteiger partial charge in [-0.25, -0.2) is 0 Å². The van der Waals surface area contributed by atoms with Crippen LogP contribution in [0.2, 0.25) is 0 Å². The number of fused-ring (bicyclic) bond motifs is 1. The molecule has 0 amide bonds. The molecule has 0 N–H and O–H groups in total. The number of carbonyl (C=O) groups is 1. The zero-order valence-corrected chi connectivity index (χ0v) is 11.1. The Labute approximate surface area is 106 Å². The maximum atomic E-state index is 11.2. The van der Waals surface area contributed by atoms with E-state index < -0.39 is 5.54 Å².